The number of aromatic amines is 1. The molecule has 4 aromatic rings. The van der Waals surface area contributed by atoms with Gasteiger partial charge in [0.2, 0.25) is 5.91 Å². The lowest BCUT2D eigenvalue weighted by atomic mass is 10.1. The van der Waals surface area contributed by atoms with Gasteiger partial charge in [0, 0.05) is 29.2 Å². The van der Waals surface area contributed by atoms with Gasteiger partial charge in [-0.3, -0.25) is 9.59 Å². The minimum atomic E-state index is -0.307. The third kappa shape index (κ3) is 5.30. The fraction of sp³-hybridized carbons (Fsp3) is 0.120. The lowest BCUT2D eigenvalue weighted by Gasteiger charge is -2.08. The number of nitrogens with one attached hydrogen (secondary N) is 3. The minimum absolute atomic E-state index is 0.0744. The Morgan fingerprint density at radius 1 is 0.806 bits per heavy atom. The van der Waals surface area contributed by atoms with Crippen LogP contribution in [0.25, 0.3) is 10.9 Å². The molecule has 2 amide bonds. The van der Waals surface area contributed by atoms with E-state index in [0.29, 0.717) is 24.3 Å². The molecule has 0 radical (unpaired) electrons. The van der Waals surface area contributed by atoms with Crippen LogP contribution < -0.4 is 15.4 Å². The number of hydrogen-bond acceptors (Lipinski definition) is 3. The van der Waals surface area contributed by atoms with E-state index in [-0.39, 0.29) is 18.4 Å². The number of aromatic nitrogens is 1. The number of amides is 2. The second-order valence-electron chi connectivity index (χ2n) is 7.08. The smallest absolute Gasteiger partial charge is 0.251 e. The highest BCUT2D eigenvalue weighted by Crippen LogP contribution is 2.21. The Morgan fingerprint density at radius 3 is 2.32 bits per heavy atom. The fourth-order valence-corrected chi connectivity index (χ4v) is 3.30. The van der Waals surface area contributed by atoms with Gasteiger partial charge in [0.1, 0.15) is 11.5 Å². The zero-order chi connectivity index (χ0) is 21.5. The van der Waals surface area contributed by atoms with Crippen LogP contribution in [0.3, 0.4) is 0 Å². The number of hydrogen-bond donors (Lipinski definition) is 3. The Morgan fingerprint density at radius 2 is 1.52 bits per heavy atom. The molecule has 0 aliphatic carbocycles. The van der Waals surface area contributed by atoms with Crippen molar-refractivity contribution in [2.24, 2.45) is 0 Å². The van der Waals surface area contributed by atoms with Gasteiger partial charge in [-0.25, -0.2) is 0 Å². The lowest BCUT2D eigenvalue weighted by molar-refractivity contribution is -0.120. The number of benzene rings is 3. The SMILES string of the molecule is O=C(CNC(=O)c1ccc(Oc2ccccc2)cc1)NCCc1c[nH]c2ccccc12. The van der Waals surface area contributed by atoms with Crippen LogP contribution in [0.15, 0.2) is 85.1 Å². The first-order chi connectivity index (χ1) is 15.2. The molecule has 0 unspecified atom stereocenters. The first-order valence-electron chi connectivity index (χ1n) is 10.1. The molecule has 3 aromatic carbocycles. The molecule has 0 bridgehead atoms. The van der Waals surface area contributed by atoms with Gasteiger partial charge in [0.05, 0.1) is 6.54 Å². The summed E-state index contributed by atoms with van der Waals surface area (Å²) >= 11 is 0. The highest BCUT2D eigenvalue weighted by atomic mass is 16.5. The quantitative estimate of drug-likeness (QED) is 0.408. The molecule has 0 aliphatic rings. The second-order valence-corrected chi connectivity index (χ2v) is 7.08. The number of carbonyl (C=O) groups is 2. The summed E-state index contributed by atoms with van der Waals surface area (Å²) in [6, 6.07) is 24.3. The Hall–Kier alpha value is -4.06. The summed E-state index contributed by atoms with van der Waals surface area (Å²) in [4.78, 5) is 27.6. The summed E-state index contributed by atoms with van der Waals surface area (Å²) in [5.41, 5.74) is 2.70. The van der Waals surface area contributed by atoms with Crippen LogP contribution in [-0.4, -0.2) is 29.9 Å². The van der Waals surface area contributed by atoms with Gasteiger partial charge in [-0.2, -0.15) is 0 Å². The Kier molecular flexibility index (Phi) is 6.28. The van der Waals surface area contributed by atoms with Crippen LogP contribution in [-0.2, 0) is 11.2 Å². The van der Waals surface area contributed by atoms with Crippen LogP contribution in [0.5, 0.6) is 11.5 Å². The van der Waals surface area contributed by atoms with Crippen molar-refractivity contribution in [1.29, 1.82) is 0 Å². The Bertz CT molecular complexity index is 1170. The average Bonchev–Trinajstić information content (AvgIpc) is 3.22. The normalized spacial score (nSPS) is 10.6. The standard InChI is InChI=1S/C25H23N3O3/c29-24(26-15-14-19-16-27-23-9-5-4-8-22(19)23)17-28-25(30)18-10-12-21(13-11-18)31-20-6-2-1-3-7-20/h1-13,16,27H,14-15,17H2,(H,26,29)(H,28,30). The average molecular weight is 413 g/mol. The molecule has 1 aromatic heterocycles. The van der Waals surface area contributed by atoms with E-state index in [2.05, 4.69) is 21.7 Å². The molecule has 6 heteroatoms. The van der Waals surface area contributed by atoms with Gasteiger partial charge in [-0.1, -0.05) is 36.4 Å². The van der Waals surface area contributed by atoms with Crippen LogP contribution in [0.4, 0.5) is 0 Å². The van der Waals surface area contributed by atoms with Gasteiger partial charge < -0.3 is 20.4 Å². The van der Waals surface area contributed by atoms with Gasteiger partial charge in [0.25, 0.3) is 5.91 Å². The number of carbonyl (C=O) groups excluding carboxylic acids is 2. The molecule has 0 fully saturated rings. The van der Waals surface area contributed by atoms with Gasteiger partial charge in [-0.15, -0.1) is 0 Å². The van der Waals surface area contributed by atoms with E-state index in [1.807, 2.05) is 54.7 Å². The van der Waals surface area contributed by atoms with E-state index >= 15 is 0 Å². The molecule has 4 rings (SSSR count). The van der Waals surface area contributed by atoms with Crippen molar-refractivity contribution in [3.8, 4) is 11.5 Å². The van der Waals surface area contributed by atoms with Crippen molar-refractivity contribution >= 4 is 22.7 Å². The van der Waals surface area contributed by atoms with Crippen molar-refractivity contribution in [3.63, 3.8) is 0 Å². The first-order valence-corrected chi connectivity index (χ1v) is 10.1. The van der Waals surface area contributed by atoms with Crippen molar-refractivity contribution in [2.45, 2.75) is 6.42 Å². The molecular weight excluding hydrogens is 390 g/mol. The number of H-pyrrole nitrogens is 1. The zero-order valence-electron chi connectivity index (χ0n) is 16.9. The monoisotopic (exact) mass is 413 g/mol. The molecule has 3 N–H and O–H groups in total. The van der Waals surface area contributed by atoms with Crippen molar-refractivity contribution in [2.75, 3.05) is 13.1 Å². The maximum atomic E-state index is 12.3. The van der Waals surface area contributed by atoms with Crippen LogP contribution in [0.2, 0.25) is 0 Å². The highest BCUT2D eigenvalue weighted by Gasteiger charge is 2.09. The first kappa shape index (κ1) is 20.2. The zero-order valence-corrected chi connectivity index (χ0v) is 16.9. The van der Waals surface area contributed by atoms with Gasteiger partial charge in [0.15, 0.2) is 0 Å². The van der Waals surface area contributed by atoms with Crippen molar-refractivity contribution in [3.05, 3.63) is 96.2 Å². The third-order valence-corrected chi connectivity index (χ3v) is 4.90. The molecule has 0 saturated heterocycles. The predicted octanol–water partition coefficient (Wildman–Crippen LogP) is 4.05. The van der Waals surface area contributed by atoms with Gasteiger partial charge >= 0.3 is 0 Å². The van der Waals surface area contributed by atoms with Crippen molar-refractivity contribution in [1.82, 2.24) is 15.6 Å². The summed E-state index contributed by atoms with van der Waals surface area (Å²) in [7, 11) is 0. The summed E-state index contributed by atoms with van der Waals surface area (Å²) in [6.07, 6.45) is 2.68. The maximum absolute atomic E-state index is 12.3. The Labute approximate surface area is 180 Å². The van der Waals surface area contributed by atoms with E-state index in [4.69, 9.17) is 4.74 Å². The molecule has 0 atom stereocenters. The molecule has 0 saturated carbocycles. The third-order valence-electron chi connectivity index (χ3n) is 4.90. The van der Waals surface area contributed by atoms with E-state index in [1.54, 1.807) is 24.3 Å². The molecule has 156 valence electrons. The number of rotatable bonds is 8. The molecule has 0 spiro atoms. The maximum Gasteiger partial charge on any atom is 0.251 e. The molecular formula is C25H23N3O3. The molecule has 0 aliphatic heterocycles. The van der Waals surface area contributed by atoms with Gasteiger partial charge in [-0.05, 0) is 54.4 Å². The van der Waals surface area contributed by atoms with E-state index in [9.17, 15) is 9.59 Å². The predicted molar refractivity (Wildman–Crippen MR) is 120 cm³/mol. The second kappa shape index (κ2) is 9.63. The van der Waals surface area contributed by atoms with Crippen LogP contribution in [0.1, 0.15) is 15.9 Å². The molecule has 6 nitrogen and oxygen atoms in total. The summed E-state index contributed by atoms with van der Waals surface area (Å²) in [5, 5.41) is 6.64. The van der Waals surface area contributed by atoms with Crippen LogP contribution >= 0.6 is 0 Å². The largest absolute Gasteiger partial charge is 0.457 e. The van der Waals surface area contributed by atoms with E-state index in [1.165, 1.54) is 0 Å². The lowest BCUT2D eigenvalue weighted by Crippen LogP contribution is -2.37. The van der Waals surface area contributed by atoms with E-state index in [0.717, 1.165) is 22.2 Å². The summed E-state index contributed by atoms with van der Waals surface area (Å²) in [5.74, 6) is 0.831. The number of ether oxygens (including phenoxy) is 1. The van der Waals surface area contributed by atoms with Crippen LogP contribution in [0, 0.1) is 0 Å². The number of fused-ring (bicyclic) bond motifs is 1. The van der Waals surface area contributed by atoms with Crippen molar-refractivity contribution < 1.29 is 14.3 Å². The van der Waals surface area contributed by atoms with E-state index < -0.39 is 0 Å². The topological polar surface area (TPSA) is 83.2 Å². The summed E-state index contributed by atoms with van der Waals surface area (Å²) in [6.45, 7) is 0.428. The Balaban J connectivity index is 1.21. The fourth-order valence-electron chi connectivity index (χ4n) is 3.30. The molecule has 31 heavy (non-hydrogen) atoms. The summed E-state index contributed by atoms with van der Waals surface area (Å²) < 4.78 is 5.71. The molecule has 1 heterocycles. The minimum Gasteiger partial charge on any atom is -0.457 e. The number of para-hydroxylation sites is 2. The highest BCUT2D eigenvalue weighted by molar-refractivity contribution is 5.96.